The van der Waals surface area contributed by atoms with E-state index >= 15 is 0 Å². The van der Waals surface area contributed by atoms with E-state index in [1.165, 1.54) is 11.8 Å². The van der Waals surface area contributed by atoms with Crippen molar-refractivity contribution in [1.29, 1.82) is 10.5 Å². The number of thioether (sulfide) groups is 3. The van der Waals surface area contributed by atoms with Crippen LogP contribution in [0.3, 0.4) is 0 Å². The molecule has 0 heterocycles. The van der Waals surface area contributed by atoms with Gasteiger partial charge >= 0.3 is 5.97 Å². The Kier molecular flexibility index (Phi) is 83.8. The topological polar surface area (TPSA) is 142 Å². The van der Waals surface area contributed by atoms with Gasteiger partial charge in [0.25, 0.3) is 0 Å². The maximum Gasteiger partial charge on any atom is 0.332 e. The second-order valence-electron chi connectivity index (χ2n) is 4.01. The maximum atomic E-state index is 9.95. The number of nitrogens with zero attached hydrogens (tertiary/aromatic N) is 2. The van der Waals surface area contributed by atoms with Gasteiger partial charge < -0.3 is 20.1 Å². The zero-order chi connectivity index (χ0) is 22.5. The first-order chi connectivity index (χ1) is 12.9. The molecule has 0 saturated carbocycles. The van der Waals surface area contributed by atoms with E-state index in [2.05, 4.69) is 43.8 Å². The molecule has 3 N–H and O–H groups in total. The third-order valence-electron chi connectivity index (χ3n) is 2.06. The molecule has 29 heavy (non-hydrogen) atoms. The number of nitriles is 2. The fourth-order valence-corrected chi connectivity index (χ4v) is 2.06. The van der Waals surface area contributed by atoms with Crippen LogP contribution in [0.1, 0.15) is 34.1 Å². The van der Waals surface area contributed by atoms with Crippen molar-refractivity contribution in [2.75, 3.05) is 36.0 Å². The Morgan fingerprint density at radius 2 is 1.41 bits per heavy atom. The van der Waals surface area contributed by atoms with Crippen LogP contribution in [0, 0.1) is 23.2 Å². The molecular weight excluding hydrogens is 662 g/mol. The number of aliphatic hydroxyl groups excluding tert-OH is 2. The lowest BCUT2D eigenvalue weighted by Crippen LogP contribution is -2.19. The first-order valence-corrected chi connectivity index (χ1v) is 17.7. The summed E-state index contributed by atoms with van der Waals surface area (Å²) in [6.45, 7) is 3.50. The summed E-state index contributed by atoms with van der Waals surface area (Å²) < 4.78 is 0. The van der Waals surface area contributed by atoms with E-state index in [9.17, 15) is 9.59 Å². The van der Waals surface area contributed by atoms with Gasteiger partial charge in [-0.25, -0.2) is 10.1 Å². The molecule has 0 fully saturated rings. The van der Waals surface area contributed by atoms with Crippen LogP contribution >= 0.6 is 72.5 Å². The molecule has 0 aliphatic rings. The minimum Gasteiger partial charge on any atom is -0.479 e. The molecule has 7 nitrogen and oxygen atoms in total. The number of aldehydes is 1. The summed E-state index contributed by atoms with van der Waals surface area (Å²) in [5.74, 6) is 1.37. The fourth-order valence-electron chi connectivity index (χ4n) is 0.813. The zero-order valence-electron chi connectivity index (χ0n) is 15.6. The fraction of sp³-hybridized carbons (Fsp3) is 0.765. The van der Waals surface area contributed by atoms with Gasteiger partial charge in [-0.15, -0.1) is 0 Å². The molecule has 0 amide bonds. The van der Waals surface area contributed by atoms with Crippen LogP contribution in [0.15, 0.2) is 0 Å². The highest BCUT2D eigenvalue weighted by molar-refractivity contribution is 15.0. The van der Waals surface area contributed by atoms with Gasteiger partial charge in [0, 0.05) is 50.2 Å². The zero-order valence-corrected chi connectivity index (χ0v) is 22.3. The Hall–Kier alpha value is 0.550. The lowest BCUT2D eigenvalue weighted by molar-refractivity contribution is -0.146. The highest BCUT2D eigenvalue weighted by atomic mass is 128. The highest BCUT2D eigenvalue weighted by Gasteiger charge is 2.10. The third kappa shape index (κ3) is 65.3. The van der Waals surface area contributed by atoms with Crippen LogP contribution in [0.4, 0.5) is 0 Å². The summed E-state index contributed by atoms with van der Waals surface area (Å²) >= 11 is 9.09. The smallest absolute Gasteiger partial charge is 0.332 e. The molecule has 0 aliphatic heterocycles. The number of aliphatic hydroxyl groups is 2. The van der Waals surface area contributed by atoms with Crippen molar-refractivity contribution in [1.82, 2.24) is 0 Å². The predicted octanol–water partition coefficient (Wildman–Crippen LogP) is 4.93. The molecule has 0 aromatic rings. The molecule has 176 valence electrons. The highest BCUT2D eigenvalue weighted by Crippen LogP contribution is 1.99. The average molecular weight is 698 g/mol. The summed E-state index contributed by atoms with van der Waals surface area (Å²) in [6, 6.07) is 1.74. The molecule has 0 aromatic carbocycles. The van der Waals surface area contributed by atoms with Crippen LogP contribution < -0.4 is 0 Å². The Labute approximate surface area is 213 Å². The van der Waals surface area contributed by atoms with Gasteiger partial charge in [0.2, 0.25) is 0 Å². The maximum absolute atomic E-state index is 9.95. The van der Waals surface area contributed by atoms with Crippen molar-refractivity contribution in [3.8, 4) is 12.6 Å². The molecule has 0 spiro atoms. The third-order valence-corrected chi connectivity index (χ3v) is 4.00. The quantitative estimate of drug-likeness (QED) is 0.125. The van der Waals surface area contributed by atoms with Gasteiger partial charge in [0.15, 0.2) is 6.10 Å². The first kappa shape index (κ1) is 47.4. The largest absolute Gasteiger partial charge is 0.479 e. The molecular formula is C17H36I2N2O5S3. The molecule has 0 bridgehead atoms. The molecule has 0 aromatic heterocycles. The molecule has 0 saturated heterocycles. The standard InChI is InChI=1S/C5H9NOS.C5H10O3S.C4H8OS.CHN.2CH4.I2/c1-8-3-2-5(7)4-6;1-9-3-2-4(6)5(7)8;1-6-4-2-3-5;1-2;;;1-2/h5,7H,2-3H2,1H3;4,6H,2-3H2,1H3,(H,7,8);3H,2,4H2,1H3;1H;2*1H4;. The SMILES string of the molecule is C.C.C#N.CSCCC(O)C#N.CSCCC(O)C(=O)O.CSCCC=O.II. The summed E-state index contributed by atoms with van der Waals surface area (Å²) in [7, 11) is 0. The van der Waals surface area contributed by atoms with E-state index in [0.29, 0.717) is 25.0 Å². The number of hydrogen-bond donors (Lipinski definition) is 3. The van der Waals surface area contributed by atoms with Crippen molar-refractivity contribution in [3.05, 3.63) is 0 Å². The van der Waals surface area contributed by atoms with Gasteiger partial charge in [0.1, 0.15) is 12.4 Å². The minimum absolute atomic E-state index is 0. The van der Waals surface area contributed by atoms with Crippen molar-refractivity contribution in [2.45, 2.75) is 46.3 Å². The number of rotatable bonds is 10. The van der Waals surface area contributed by atoms with E-state index in [0.717, 1.165) is 17.8 Å². The summed E-state index contributed by atoms with van der Waals surface area (Å²) in [6.07, 6.45) is 6.41. The molecule has 0 aliphatic carbocycles. The molecule has 12 heteroatoms. The number of carboxylic acids is 1. The van der Waals surface area contributed by atoms with Crippen molar-refractivity contribution < 1.29 is 24.9 Å². The van der Waals surface area contributed by atoms with Gasteiger partial charge in [-0.1, -0.05) is 14.9 Å². The van der Waals surface area contributed by atoms with E-state index in [1.54, 1.807) is 29.6 Å². The summed E-state index contributed by atoms with van der Waals surface area (Å²) in [5, 5.41) is 40.0. The van der Waals surface area contributed by atoms with Crippen molar-refractivity contribution >= 4 is 84.8 Å². The van der Waals surface area contributed by atoms with Crippen molar-refractivity contribution in [2.24, 2.45) is 0 Å². The predicted molar refractivity (Wildman–Crippen MR) is 148 cm³/mol. The molecule has 0 rings (SSSR count). The van der Waals surface area contributed by atoms with E-state index in [1.807, 2.05) is 18.8 Å². The lowest BCUT2D eigenvalue weighted by atomic mass is 10.3. The van der Waals surface area contributed by atoms with Gasteiger partial charge in [-0.05, 0) is 48.9 Å². The number of halogens is 2. The van der Waals surface area contributed by atoms with Crippen LogP contribution in [-0.4, -0.2) is 75.8 Å². The van der Waals surface area contributed by atoms with Crippen LogP contribution in [0.5, 0.6) is 0 Å². The van der Waals surface area contributed by atoms with Crippen LogP contribution in [-0.2, 0) is 9.59 Å². The minimum atomic E-state index is -1.18. The number of carbonyl (C=O) groups excluding carboxylic acids is 1. The molecule has 0 radical (unpaired) electrons. The van der Waals surface area contributed by atoms with E-state index in [-0.39, 0.29) is 14.9 Å². The Morgan fingerprint density at radius 3 is 1.66 bits per heavy atom. The van der Waals surface area contributed by atoms with Gasteiger partial charge in [-0.3, -0.25) is 0 Å². The first-order valence-electron chi connectivity index (χ1n) is 7.20. The summed E-state index contributed by atoms with van der Waals surface area (Å²) in [5.41, 5.74) is 0. The average Bonchev–Trinajstić information content (AvgIpc) is 2.72. The van der Waals surface area contributed by atoms with Crippen molar-refractivity contribution in [3.63, 3.8) is 0 Å². The Morgan fingerprint density at radius 1 is 1.03 bits per heavy atom. The molecule has 2 atom stereocenters. The van der Waals surface area contributed by atoms with Gasteiger partial charge in [0.05, 0.1) is 6.07 Å². The van der Waals surface area contributed by atoms with Crippen LogP contribution in [0.2, 0.25) is 0 Å². The number of carboxylic acid groups (broad SMARTS) is 1. The molecule has 2 unspecified atom stereocenters. The normalized spacial score (nSPS) is 9.52. The van der Waals surface area contributed by atoms with E-state index in [4.69, 9.17) is 25.8 Å². The monoisotopic (exact) mass is 698 g/mol. The second-order valence-corrected chi connectivity index (χ2v) is 6.97. The number of hydrogen-bond acceptors (Lipinski definition) is 9. The van der Waals surface area contributed by atoms with Gasteiger partial charge in [-0.2, -0.15) is 40.5 Å². The summed E-state index contributed by atoms with van der Waals surface area (Å²) in [4.78, 5) is 19.5. The van der Waals surface area contributed by atoms with E-state index < -0.39 is 18.2 Å². The number of aliphatic carboxylic acids is 1. The van der Waals surface area contributed by atoms with Crippen LogP contribution in [0.25, 0.3) is 0 Å². The second kappa shape index (κ2) is 51.3. The Bertz CT molecular complexity index is 364. The Balaban J connectivity index is -0.0000000451. The number of carbonyl (C=O) groups is 2. The lowest BCUT2D eigenvalue weighted by Gasteiger charge is -2.01.